The van der Waals surface area contributed by atoms with Gasteiger partial charge in [-0.15, -0.1) is 0 Å². The number of hydrogen-bond acceptors (Lipinski definition) is 4. The number of hydrogen-bond donors (Lipinski definition) is 2. The second-order valence-corrected chi connectivity index (χ2v) is 8.92. The summed E-state index contributed by atoms with van der Waals surface area (Å²) in [6, 6.07) is 15.9. The van der Waals surface area contributed by atoms with Crippen molar-refractivity contribution in [3.63, 3.8) is 0 Å². The van der Waals surface area contributed by atoms with Crippen molar-refractivity contribution in [3.8, 4) is 0 Å². The highest BCUT2D eigenvalue weighted by atomic mass is 16.7. The zero-order chi connectivity index (χ0) is 23.3. The van der Waals surface area contributed by atoms with E-state index in [4.69, 9.17) is 4.84 Å². The Labute approximate surface area is 187 Å². The van der Waals surface area contributed by atoms with E-state index in [1.54, 1.807) is 36.4 Å². The Kier molecular flexibility index (Phi) is 6.98. The Balaban J connectivity index is 1.94. The Morgan fingerprint density at radius 1 is 0.938 bits per heavy atom. The van der Waals surface area contributed by atoms with Crippen LogP contribution >= 0.6 is 0 Å². The number of nitrogens with one attached hydrogen (secondary N) is 2. The fraction of sp³-hybridized carbons (Fsp3) is 0.320. The predicted octanol–water partition coefficient (Wildman–Crippen LogP) is 5.02. The van der Waals surface area contributed by atoms with Crippen LogP contribution in [0.25, 0.3) is 10.9 Å². The van der Waals surface area contributed by atoms with Gasteiger partial charge in [0.1, 0.15) is 5.69 Å². The van der Waals surface area contributed by atoms with E-state index in [0.29, 0.717) is 35.1 Å². The normalized spacial score (nSPS) is 11.2. The van der Waals surface area contributed by atoms with Crippen molar-refractivity contribution in [1.29, 1.82) is 0 Å². The lowest BCUT2D eigenvalue weighted by molar-refractivity contribution is -0.143. The molecule has 168 valence electrons. The topological polar surface area (TPSA) is 89.4 Å². The van der Waals surface area contributed by atoms with Gasteiger partial charge in [0.15, 0.2) is 0 Å². The van der Waals surface area contributed by atoms with Gasteiger partial charge < -0.3 is 15.5 Å². The number of aromatic nitrogens is 1. The van der Waals surface area contributed by atoms with Gasteiger partial charge in [-0.1, -0.05) is 45.9 Å². The minimum absolute atomic E-state index is 0.0901. The number of fused-ring (bicyclic) bond motifs is 1. The molecular weight excluding hydrogens is 406 g/mol. The van der Waals surface area contributed by atoms with Gasteiger partial charge in [0.2, 0.25) is 5.91 Å². The van der Waals surface area contributed by atoms with Gasteiger partial charge in [0.05, 0.1) is 5.52 Å². The number of carbonyl (C=O) groups excluding carboxylic acids is 3. The lowest BCUT2D eigenvalue weighted by atomic mass is 9.92. The molecule has 0 spiro atoms. The Hall–Kier alpha value is -3.61. The summed E-state index contributed by atoms with van der Waals surface area (Å²) in [5.41, 5.74) is 1.85. The van der Waals surface area contributed by atoms with Crippen molar-refractivity contribution in [3.05, 3.63) is 60.3 Å². The van der Waals surface area contributed by atoms with E-state index >= 15 is 0 Å². The van der Waals surface area contributed by atoms with E-state index < -0.39 is 11.9 Å². The van der Waals surface area contributed by atoms with Crippen molar-refractivity contribution in [2.45, 2.75) is 47.0 Å². The van der Waals surface area contributed by atoms with Gasteiger partial charge in [0, 0.05) is 29.6 Å². The maximum Gasteiger partial charge on any atom is 0.332 e. The van der Waals surface area contributed by atoms with Crippen molar-refractivity contribution in [2.75, 3.05) is 10.6 Å². The molecule has 2 aromatic carbocycles. The van der Waals surface area contributed by atoms with Crippen molar-refractivity contribution < 1.29 is 19.2 Å². The zero-order valence-electron chi connectivity index (χ0n) is 18.9. The van der Waals surface area contributed by atoms with Crippen LogP contribution in [0.4, 0.5) is 11.4 Å². The van der Waals surface area contributed by atoms with E-state index in [1.807, 2.05) is 45.9 Å². The third-order valence-corrected chi connectivity index (χ3v) is 4.64. The molecule has 7 nitrogen and oxygen atoms in total. The fourth-order valence-corrected chi connectivity index (χ4v) is 3.28. The van der Waals surface area contributed by atoms with Crippen LogP contribution in [0.1, 0.15) is 57.4 Å². The standard InChI is InChI=1S/C25H29N3O4/c1-5-9-23(30)32-28-20-13-12-19(26-22(29)16-25(2,3)4)14-17(20)15-21(28)24(31)27-18-10-7-6-8-11-18/h6-8,10-15H,5,9,16H2,1-4H3,(H,26,29)(H,27,31). The zero-order valence-corrected chi connectivity index (χ0v) is 18.9. The first-order valence-electron chi connectivity index (χ1n) is 10.7. The first-order valence-corrected chi connectivity index (χ1v) is 10.7. The first-order chi connectivity index (χ1) is 15.2. The van der Waals surface area contributed by atoms with Crippen LogP contribution in [0.3, 0.4) is 0 Å². The Morgan fingerprint density at radius 3 is 2.31 bits per heavy atom. The third-order valence-electron chi connectivity index (χ3n) is 4.64. The number of anilines is 2. The average Bonchev–Trinajstić information content (AvgIpc) is 3.05. The van der Waals surface area contributed by atoms with Gasteiger partial charge in [0.25, 0.3) is 5.91 Å². The summed E-state index contributed by atoms with van der Waals surface area (Å²) in [6.45, 7) is 7.87. The molecular formula is C25H29N3O4. The van der Waals surface area contributed by atoms with Crippen LogP contribution in [0.2, 0.25) is 0 Å². The summed E-state index contributed by atoms with van der Waals surface area (Å²) in [7, 11) is 0. The molecule has 3 rings (SSSR count). The SMILES string of the molecule is CCCC(=O)On1c(C(=O)Nc2ccccc2)cc2cc(NC(=O)CC(C)(C)C)ccc21. The highest BCUT2D eigenvalue weighted by Crippen LogP contribution is 2.25. The van der Waals surface area contributed by atoms with Gasteiger partial charge in [-0.25, -0.2) is 4.79 Å². The van der Waals surface area contributed by atoms with Gasteiger partial charge in [-0.3, -0.25) is 9.59 Å². The van der Waals surface area contributed by atoms with Gasteiger partial charge >= 0.3 is 5.97 Å². The molecule has 0 unspecified atom stereocenters. The summed E-state index contributed by atoms with van der Waals surface area (Å²) >= 11 is 0. The molecule has 0 atom stereocenters. The smallest absolute Gasteiger partial charge is 0.332 e. The molecule has 2 amide bonds. The maximum absolute atomic E-state index is 13.0. The Bertz CT molecular complexity index is 1130. The molecule has 0 aliphatic carbocycles. The molecule has 1 heterocycles. The number of carbonyl (C=O) groups is 3. The van der Waals surface area contributed by atoms with Crippen LogP contribution in [0, 0.1) is 5.41 Å². The molecule has 3 aromatic rings. The number of para-hydroxylation sites is 1. The highest BCUT2D eigenvalue weighted by Gasteiger charge is 2.21. The third kappa shape index (κ3) is 5.97. The molecule has 32 heavy (non-hydrogen) atoms. The van der Waals surface area contributed by atoms with Crippen LogP contribution in [-0.4, -0.2) is 22.5 Å². The van der Waals surface area contributed by atoms with Crippen LogP contribution in [0.15, 0.2) is 54.6 Å². The summed E-state index contributed by atoms with van der Waals surface area (Å²) in [6.07, 6.45) is 1.25. The molecule has 0 bridgehead atoms. The number of rotatable bonds is 7. The number of amides is 2. The Morgan fingerprint density at radius 2 is 1.66 bits per heavy atom. The van der Waals surface area contributed by atoms with Gasteiger partial charge in [-0.05, 0) is 48.2 Å². The largest absolute Gasteiger partial charge is 0.336 e. The maximum atomic E-state index is 13.0. The molecule has 2 N–H and O–H groups in total. The van der Waals surface area contributed by atoms with E-state index in [1.165, 1.54) is 4.73 Å². The van der Waals surface area contributed by atoms with E-state index in [9.17, 15) is 14.4 Å². The lowest BCUT2D eigenvalue weighted by Crippen LogP contribution is -2.25. The number of benzene rings is 2. The molecule has 0 fully saturated rings. The monoisotopic (exact) mass is 435 g/mol. The molecule has 0 aliphatic rings. The minimum atomic E-state index is -0.429. The van der Waals surface area contributed by atoms with Crippen molar-refractivity contribution in [1.82, 2.24) is 4.73 Å². The summed E-state index contributed by atoms with van der Waals surface area (Å²) in [5, 5.41) is 6.38. The highest BCUT2D eigenvalue weighted by molar-refractivity contribution is 6.07. The van der Waals surface area contributed by atoms with E-state index in [-0.39, 0.29) is 23.4 Å². The first kappa shape index (κ1) is 23.1. The fourth-order valence-electron chi connectivity index (χ4n) is 3.28. The van der Waals surface area contributed by atoms with E-state index in [0.717, 1.165) is 0 Å². The quantitative estimate of drug-likeness (QED) is 0.545. The summed E-state index contributed by atoms with van der Waals surface area (Å²) in [5.74, 6) is -0.927. The molecule has 7 heteroatoms. The van der Waals surface area contributed by atoms with Crippen LogP contribution in [-0.2, 0) is 9.59 Å². The minimum Gasteiger partial charge on any atom is -0.336 e. The molecule has 0 radical (unpaired) electrons. The summed E-state index contributed by atoms with van der Waals surface area (Å²) in [4.78, 5) is 43.0. The van der Waals surface area contributed by atoms with E-state index in [2.05, 4.69) is 10.6 Å². The second kappa shape index (κ2) is 9.68. The molecule has 0 aliphatic heterocycles. The van der Waals surface area contributed by atoms with Crippen molar-refractivity contribution >= 4 is 40.1 Å². The molecule has 0 saturated heterocycles. The second-order valence-electron chi connectivity index (χ2n) is 8.92. The average molecular weight is 436 g/mol. The predicted molar refractivity (Wildman–Crippen MR) is 126 cm³/mol. The lowest BCUT2D eigenvalue weighted by Gasteiger charge is -2.17. The van der Waals surface area contributed by atoms with Crippen LogP contribution in [0.5, 0.6) is 0 Å². The van der Waals surface area contributed by atoms with Gasteiger partial charge in [-0.2, -0.15) is 4.73 Å². The van der Waals surface area contributed by atoms with Crippen LogP contribution < -0.4 is 15.5 Å². The molecule has 1 aromatic heterocycles. The number of nitrogens with zero attached hydrogens (tertiary/aromatic N) is 1. The van der Waals surface area contributed by atoms with Crippen molar-refractivity contribution in [2.24, 2.45) is 5.41 Å². The molecule has 0 saturated carbocycles. The summed E-state index contributed by atoms with van der Waals surface area (Å²) < 4.78 is 1.26.